The highest BCUT2D eigenvalue weighted by atomic mass is 16.3. The van der Waals surface area contributed by atoms with Crippen LogP contribution in [0.2, 0.25) is 0 Å². The van der Waals surface area contributed by atoms with Gasteiger partial charge in [-0.1, -0.05) is 0 Å². The van der Waals surface area contributed by atoms with Gasteiger partial charge in [-0.15, -0.1) is 0 Å². The minimum Gasteiger partial charge on any atom is -0.395 e. The van der Waals surface area contributed by atoms with Crippen LogP contribution < -0.4 is 16.8 Å². The molecule has 12 heavy (non-hydrogen) atoms. The van der Waals surface area contributed by atoms with E-state index in [0.29, 0.717) is 0 Å². The number of hydrogen-bond donors (Lipinski definition) is 4. The maximum absolute atomic E-state index is 10.6. The normalized spacial score (nSPS) is 12.4. The molecular weight excluding hydrogens is 162 g/mol. The lowest BCUT2D eigenvalue weighted by Crippen LogP contribution is -2.44. The Morgan fingerprint density at radius 1 is 1.42 bits per heavy atom. The molecule has 1 unspecified atom stereocenters. The fraction of sp³-hybridized carbons (Fsp3) is 0.667. The van der Waals surface area contributed by atoms with E-state index in [-0.39, 0.29) is 19.6 Å². The summed E-state index contributed by atoms with van der Waals surface area (Å²) in [5.74, 6) is -1.26. The van der Waals surface area contributed by atoms with Crippen LogP contribution in [0.4, 0.5) is 0 Å². The summed E-state index contributed by atoms with van der Waals surface area (Å²) in [5.41, 5.74) is 9.79. The van der Waals surface area contributed by atoms with Gasteiger partial charge in [0.05, 0.1) is 19.1 Å². The first-order chi connectivity index (χ1) is 5.57. The Kier molecular flexibility index (Phi) is 4.98. The smallest absolute Gasteiger partial charge is 0.235 e. The second-order valence-corrected chi connectivity index (χ2v) is 2.30. The first kappa shape index (κ1) is 10.9. The highest BCUT2D eigenvalue weighted by Gasteiger charge is 2.16. The standard InChI is InChI=1S/C6H13N3O3/c7-5(11)3-4(6(8)12)9-1-2-10/h4,9-10H,1-3H2,(H2,7,11)(H2,8,12). The molecule has 0 aromatic rings. The number of amides is 2. The summed E-state index contributed by atoms with van der Waals surface area (Å²) in [6.45, 7) is 0.0867. The molecule has 0 saturated carbocycles. The molecule has 0 bridgehead atoms. The molecule has 0 fully saturated rings. The van der Waals surface area contributed by atoms with Crippen LogP contribution in [-0.4, -0.2) is 36.1 Å². The Labute approximate surface area is 69.9 Å². The maximum atomic E-state index is 10.6. The second-order valence-electron chi connectivity index (χ2n) is 2.30. The third-order valence-electron chi connectivity index (χ3n) is 1.25. The van der Waals surface area contributed by atoms with Crippen molar-refractivity contribution in [2.24, 2.45) is 11.5 Å². The quantitative estimate of drug-likeness (QED) is 0.351. The molecule has 0 aromatic carbocycles. The summed E-state index contributed by atoms with van der Waals surface area (Å²) in [6.07, 6.45) is -0.144. The number of carbonyl (C=O) groups is 2. The van der Waals surface area contributed by atoms with Crippen LogP contribution in [0, 0.1) is 0 Å². The van der Waals surface area contributed by atoms with Crippen molar-refractivity contribution in [1.82, 2.24) is 5.32 Å². The number of aliphatic hydroxyl groups excluding tert-OH is 1. The topological polar surface area (TPSA) is 118 Å². The van der Waals surface area contributed by atoms with Crippen LogP contribution in [-0.2, 0) is 9.59 Å². The molecule has 0 radical (unpaired) electrons. The summed E-state index contributed by atoms with van der Waals surface area (Å²) >= 11 is 0. The van der Waals surface area contributed by atoms with E-state index in [1.54, 1.807) is 0 Å². The molecular formula is C6H13N3O3. The van der Waals surface area contributed by atoms with Gasteiger partial charge >= 0.3 is 0 Å². The average Bonchev–Trinajstić information content (AvgIpc) is 1.96. The zero-order valence-electron chi connectivity index (χ0n) is 6.62. The Hall–Kier alpha value is -1.14. The number of hydrogen-bond acceptors (Lipinski definition) is 4. The number of carbonyl (C=O) groups excluding carboxylic acids is 2. The fourth-order valence-electron chi connectivity index (χ4n) is 0.713. The highest BCUT2D eigenvalue weighted by molar-refractivity contribution is 5.86. The molecule has 1 atom stereocenters. The van der Waals surface area contributed by atoms with Gasteiger partial charge in [-0.2, -0.15) is 0 Å². The lowest BCUT2D eigenvalue weighted by Gasteiger charge is -2.11. The van der Waals surface area contributed by atoms with Crippen LogP contribution in [0.25, 0.3) is 0 Å². The zero-order chi connectivity index (χ0) is 9.56. The molecule has 0 aliphatic rings. The van der Waals surface area contributed by atoms with Gasteiger partial charge in [-0.3, -0.25) is 9.59 Å². The molecule has 6 nitrogen and oxygen atoms in total. The van der Waals surface area contributed by atoms with Crippen molar-refractivity contribution in [3.05, 3.63) is 0 Å². The molecule has 0 saturated heterocycles. The van der Waals surface area contributed by atoms with E-state index in [1.165, 1.54) is 0 Å². The number of rotatable bonds is 6. The van der Waals surface area contributed by atoms with Crippen LogP contribution in [0.1, 0.15) is 6.42 Å². The van der Waals surface area contributed by atoms with E-state index >= 15 is 0 Å². The third kappa shape index (κ3) is 4.64. The van der Waals surface area contributed by atoms with Crippen molar-refractivity contribution in [2.45, 2.75) is 12.5 Å². The first-order valence-electron chi connectivity index (χ1n) is 3.49. The number of primary amides is 2. The first-order valence-corrected chi connectivity index (χ1v) is 3.49. The van der Waals surface area contributed by atoms with Crippen molar-refractivity contribution in [3.63, 3.8) is 0 Å². The zero-order valence-corrected chi connectivity index (χ0v) is 6.62. The molecule has 0 aliphatic carbocycles. The van der Waals surface area contributed by atoms with Gasteiger partial charge in [0.25, 0.3) is 0 Å². The summed E-state index contributed by atoms with van der Waals surface area (Å²) in [5, 5.41) is 11.0. The maximum Gasteiger partial charge on any atom is 0.235 e. The lowest BCUT2D eigenvalue weighted by molar-refractivity contribution is -0.125. The van der Waals surface area contributed by atoms with E-state index in [4.69, 9.17) is 16.6 Å². The fourth-order valence-corrected chi connectivity index (χ4v) is 0.713. The molecule has 0 spiro atoms. The van der Waals surface area contributed by atoms with Gasteiger partial charge in [0.2, 0.25) is 11.8 Å². The second kappa shape index (κ2) is 5.50. The Morgan fingerprint density at radius 2 is 2.00 bits per heavy atom. The summed E-state index contributed by atoms with van der Waals surface area (Å²) < 4.78 is 0. The molecule has 70 valence electrons. The van der Waals surface area contributed by atoms with Gasteiger partial charge in [-0.05, 0) is 0 Å². The van der Waals surface area contributed by atoms with Crippen LogP contribution in [0.5, 0.6) is 0 Å². The van der Waals surface area contributed by atoms with Crippen molar-refractivity contribution in [1.29, 1.82) is 0 Å². The summed E-state index contributed by atoms with van der Waals surface area (Å²) in [6, 6.07) is -0.783. The number of nitrogens with two attached hydrogens (primary N) is 2. The van der Waals surface area contributed by atoms with E-state index in [0.717, 1.165) is 0 Å². The number of nitrogens with one attached hydrogen (secondary N) is 1. The Bertz CT molecular complexity index is 171. The molecule has 2 amide bonds. The van der Waals surface area contributed by atoms with Crippen LogP contribution in [0.3, 0.4) is 0 Å². The third-order valence-corrected chi connectivity index (χ3v) is 1.25. The SMILES string of the molecule is NC(=O)CC(NCCO)C(N)=O. The predicted molar refractivity (Wildman–Crippen MR) is 41.9 cm³/mol. The van der Waals surface area contributed by atoms with Gasteiger partial charge in [0.1, 0.15) is 0 Å². The average molecular weight is 175 g/mol. The molecule has 6 heteroatoms. The van der Waals surface area contributed by atoms with Crippen molar-refractivity contribution >= 4 is 11.8 Å². The Morgan fingerprint density at radius 3 is 2.33 bits per heavy atom. The van der Waals surface area contributed by atoms with Crippen molar-refractivity contribution < 1.29 is 14.7 Å². The summed E-state index contributed by atoms with van der Waals surface area (Å²) in [7, 11) is 0. The molecule has 0 heterocycles. The van der Waals surface area contributed by atoms with Gasteiger partial charge in [0, 0.05) is 6.54 Å². The molecule has 0 rings (SSSR count). The van der Waals surface area contributed by atoms with E-state index in [9.17, 15) is 9.59 Å². The van der Waals surface area contributed by atoms with Crippen molar-refractivity contribution in [3.8, 4) is 0 Å². The van der Waals surface area contributed by atoms with E-state index < -0.39 is 17.9 Å². The minimum absolute atomic E-state index is 0.122. The predicted octanol–water partition coefficient (Wildman–Crippen LogP) is -2.70. The van der Waals surface area contributed by atoms with Gasteiger partial charge < -0.3 is 21.9 Å². The van der Waals surface area contributed by atoms with Gasteiger partial charge in [0.15, 0.2) is 0 Å². The van der Waals surface area contributed by atoms with E-state index in [2.05, 4.69) is 5.32 Å². The van der Waals surface area contributed by atoms with Gasteiger partial charge in [-0.25, -0.2) is 0 Å². The number of aliphatic hydroxyl groups is 1. The monoisotopic (exact) mass is 175 g/mol. The van der Waals surface area contributed by atoms with Crippen LogP contribution >= 0.6 is 0 Å². The Balaban J connectivity index is 3.87. The van der Waals surface area contributed by atoms with E-state index in [1.807, 2.05) is 0 Å². The van der Waals surface area contributed by atoms with Crippen LogP contribution in [0.15, 0.2) is 0 Å². The summed E-state index contributed by atoms with van der Waals surface area (Å²) in [4.78, 5) is 21.0. The largest absolute Gasteiger partial charge is 0.395 e. The molecule has 6 N–H and O–H groups in total. The minimum atomic E-state index is -0.783. The molecule has 0 aromatic heterocycles. The lowest BCUT2D eigenvalue weighted by atomic mass is 10.2. The van der Waals surface area contributed by atoms with Crippen molar-refractivity contribution in [2.75, 3.05) is 13.2 Å². The molecule has 0 aliphatic heterocycles. The highest BCUT2D eigenvalue weighted by Crippen LogP contribution is 1.88.